The summed E-state index contributed by atoms with van der Waals surface area (Å²) >= 11 is 0. The number of nitrogens with zero attached hydrogens (tertiary/aromatic N) is 6. The fourth-order valence-electron chi connectivity index (χ4n) is 0.857. The molecule has 1 aliphatic heterocycles. The molecule has 0 bridgehead atoms. The van der Waals surface area contributed by atoms with Crippen LogP contribution in [0.5, 0.6) is 0 Å². The lowest BCUT2D eigenvalue weighted by molar-refractivity contribution is 0.733. The summed E-state index contributed by atoms with van der Waals surface area (Å²) in [4.78, 5) is 9.01. The molecule has 0 amide bonds. The second-order valence-corrected chi connectivity index (χ2v) is 2.22. The van der Waals surface area contributed by atoms with Gasteiger partial charge in [0.05, 0.1) is 0 Å². The smallest absolute Gasteiger partial charge is 0.158 e. The summed E-state index contributed by atoms with van der Waals surface area (Å²) in [5, 5.41) is 13.7. The minimum atomic E-state index is 0.819. The van der Waals surface area contributed by atoms with Crippen LogP contribution in [0.4, 0.5) is 0 Å². The van der Waals surface area contributed by atoms with Gasteiger partial charge in [-0.05, 0) is 0 Å². The Kier molecular flexibility index (Phi) is 2.08. The molecule has 1 aliphatic rings. The van der Waals surface area contributed by atoms with E-state index in [1.54, 1.807) is 6.21 Å². The van der Waals surface area contributed by atoms with Crippen molar-refractivity contribution >= 4 is 6.21 Å². The van der Waals surface area contributed by atoms with E-state index in [1.807, 2.05) is 0 Å². The van der Waals surface area contributed by atoms with E-state index in [-0.39, 0.29) is 0 Å². The van der Waals surface area contributed by atoms with Gasteiger partial charge in [-0.3, -0.25) is 5.10 Å². The number of aromatic amines is 1. The summed E-state index contributed by atoms with van der Waals surface area (Å²) < 4.78 is 0. The first-order chi connectivity index (χ1) is 6.47. The number of H-pyrrole nitrogens is 1. The molecule has 3 heterocycles. The molecule has 1 N–H and O–H groups in total. The highest BCUT2D eigenvalue weighted by Gasteiger charge is 2.04. The number of hydrogen-bond donors (Lipinski definition) is 1. The highest BCUT2D eigenvalue weighted by atomic mass is 15.6. The van der Waals surface area contributed by atoms with E-state index in [0.717, 1.165) is 12.2 Å². The van der Waals surface area contributed by atoms with Gasteiger partial charge in [-0.25, -0.2) is 9.97 Å². The zero-order valence-corrected chi connectivity index (χ0v) is 6.70. The zero-order chi connectivity index (χ0) is 8.93. The normalized spacial score (nSPS) is 12.0. The predicted octanol–water partition coefficient (Wildman–Crippen LogP) is -0.527. The van der Waals surface area contributed by atoms with Crippen molar-refractivity contribution in [3.63, 3.8) is 0 Å². The van der Waals surface area contributed by atoms with Crippen molar-refractivity contribution in [1.29, 1.82) is 0 Å². The van der Waals surface area contributed by atoms with E-state index in [9.17, 15) is 0 Å². The Labute approximate surface area is 73.5 Å². The molecule has 0 atom stereocenters. The third-order valence-corrected chi connectivity index (χ3v) is 1.39. The summed E-state index contributed by atoms with van der Waals surface area (Å²) in [5.74, 6) is 0.921. The summed E-state index contributed by atoms with van der Waals surface area (Å²) in [6.07, 6.45) is 7.07. The number of nitrogens with one attached hydrogen (secondary N) is 1. The molecular formula is C6H7N7. The molecule has 7 heteroatoms. The number of rotatable bonds is 0. The van der Waals surface area contributed by atoms with E-state index in [0.29, 0.717) is 0 Å². The van der Waals surface area contributed by atoms with Crippen molar-refractivity contribution in [2.75, 3.05) is 0 Å². The van der Waals surface area contributed by atoms with Crippen molar-refractivity contribution in [2.24, 2.45) is 5.10 Å². The first kappa shape index (κ1) is 7.59. The van der Waals surface area contributed by atoms with Crippen LogP contribution in [0.25, 0.3) is 0 Å². The van der Waals surface area contributed by atoms with Gasteiger partial charge in [0.2, 0.25) is 0 Å². The molecule has 3 rings (SSSR count). The van der Waals surface area contributed by atoms with Crippen LogP contribution in [0, 0.1) is 0 Å². The maximum Gasteiger partial charge on any atom is 0.158 e. The molecule has 2 aromatic rings. The van der Waals surface area contributed by atoms with Crippen LogP contribution in [-0.2, 0) is 6.42 Å². The van der Waals surface area contributed by atoms with Crippen LogP contribution in [0.3, 0.4) is 0 Å². The average molecular weight is 177 g/mol. The summed E-state index contributed by atoms with van der Waals surface area (Å²) in [6.45, 7) is 0. The van der Waals surface area contributed by atoms with Gasteiger partial charge in [-0.15, -0.1) is 9.89 Å². The van der Waals surface area contributed by atoms with E-state index in [1.165, 1.54) is 23.8 Å². The monoisotopic (exact) mass is 177 g/mol. The second-order valence-electron chi connectivity index (χ2n) is 2.22. The molecule has 0 aromatic carbocycles. The second kappa shape index (κ2) is 3.57. The molecule has 13 heavy (non-hydrogen) atoms. The Balaban J connectivity index is 0.000000113. The quantitative estimate of drug-likeness (QED) is 0.586. The summed E-state index contributed by atoms with van der Waals surface area (Å²) in [7, 11) is 0. The van der Waals surface area contributed by atoms with Crippen molar-refractivity contribution in [2.45, 2.75) is 6.42 Å². The van der Waals surface area contributed by atoms with Crippen LogP contribution in [0.15, 0.2) is 24.1 Å². The van der Waals surface area contributed by atoms with Gasteiger partial charge in [-0.2, -0.15) is 10.2 Å². The lowest BCUT2D eigenvalue weighted by Gasteiger charge is -1.81. The van der Waals surface area contributed by atoms with Crippen LogP contribution in [0.1, 0.15) is 5.82 Å². The molecule has 2 aromatic heterocycles. The molecule has 66 valence electrons. The summed E-state index contributed by atoms with van der Waals surface area (Å²) in [6, 6.07) is 0. The van der Waals surface area contributed by atoms with Crippen molar-refractivity contribution in [1.82, 2.24) is 30.1 Å². The first-order valence-electron chi connectivity index (χ1n) is 3.67. The van der Waals surface area contributed by atoms with Gasteiger partial charge in [-0.1, -0.05) is 0 Å². The Morgan fingerprint density at radius 3 is 3.00 bits per heavy atom. The molecule has 0 saturated carbocycles. The standard InChI is InChI=1S/C4H4N4.C2H3N3/c1-2-6-8-4(1)5-3-7-8;1-3-2-5-4-1/h2-3H,1H2;1-2H,(H,3,4,5). The van der Waals surface area contributed by atoms with Crippen molar-refractivity contribution < 1.29 is 0 Å². The van der Waals surface area contributed by atoms with Gasteiger partial charge >= 0.3 is 0 Å². The third-order valence-electron chi connectivity index (χ3n) is 1.39. The average Bonchev–Trinajstić information content (AvgIpc) is 2.84. The van der Waals surface area contributed by atoms with E-state index in [2.05, 4.69) is 30.4 Å². The molecule has 0 spiro atoms. The Hall–Kier alpha value is -2.05. The minimum absolute atomic E-state index is 0.819. The van der Waals surface area contributed by atoms with E-state index >= 15 is 0 Å². The van der Waals surface area contributed by atoms with Gasteiger partial charge in [0.1, 0.15) is 19.0 Å². The van der Waals surface area contributed by atoms with Crippen molar-refractivity contribution in [3.8, 4) is 0 Å². The van der Waals surface area contributed by atoms with Crippen LogP contribution in [-0.4, -0.2) is 36.3 Å². The molecule has 7 nitrogen and oxygen atoms in total. The SMILES string of the molecule is C1=Nn2ncnc2C1.c1nc[nH]n1. The lowest BCUT2D eigenvalue weighted by Crippen LogP contribution is -1.88. The van der Waals surface area contributed by atoms with Gasteiger partial charge in [0, 0.05) is 12.6 Å². The molecule has 0 radical (unpaired) electrons. The fourth-order valence-corrected chi connectivity index (χ4v) is 0.857. The fraction of sp³-hybridized carbons (Fsp3) is 0.167. The minimum Gasteiger partial charge on any atom is -0.266 e. The summed E-state index contributed by atoms with van der Waals surface area (Å²) in [5.41, 5.74) is 0. The number of hydrogen-bond acceptors (Lipinski definition) is 5. The van der Waals surface area contributed by atoms with Crippen molar-refractivity contribution in [3.05, 3.63) is 24.8 Å². The van der Waals surface area contributed by atoms with Gasteiger partial charge < -0.3 is 0 Å². The van der Waals surface area contributed by atoms with Gasteiger partial charge in [0.15, 0.2) is 5.82 Å². The van der Waals surface area contributed by atoms with Gasteiger partial charge in [0.25, 0.3) is 0 Å². The highest BCUT2D eigenvalue weighted by Crippen LogP contribution is 1.97. The topological polar surface area (TPSA) is 84.6 Å². The molecular weight excluding hydrogens is 170 g/mol. The molecule has 0 unspecified atom stereocenters. The molecule has 0 saturated heterocycles. The lowest BCUT2D eigenvalue weighted by atomic mass is 10.5. The Morgan fingerprint density at radius 1 is 1.38 bits per heavy atom. The molecule has 0 fully saturated rings. The Bertz CT molecular complexity index is 356. The van der Waals surface area contributed by atoms with E-state index < -0.39 is 0 Å². The van der Waals surface area contributed by atoms with Crippen LogP contribution >= 0.6 is 0 Å². The first-order valence-corrected chi connectivity index (χ1v) is 3.67. The van der Waals surface area contributed by atoms with Crippen LogP contribution < -0.4 is 0 Å². The van der Waals surface area contributed by atoms with Crippen LogP contribution in [0.2, 0.25) is 0 Å². The molecule has 0 aliphatic carbocycles. The maximum absolute atomic E-state index is 3.92. The maximum atomic E-state index is 3.92. The van der Waals surface area contributed by atoms with E-state index in [4.69, 9.17) is 0 Å². The largest absolute Gasteiger partial charge is 0.266 e. The number of fused-ring (bicyclic) bond motifs is 1. The third kappa shape index (κ3) is 1.75. The Morgan fingerprint density at radius 2 is 2.38 bits per heavy atom. The highest BCUT2D eigenvalue weighted by molar-refractivity contribution is 5.61. The number of aromatic nitrogens is 6. The zero-order valence-electron chi connectivity index (χ0n) is 6.70. The predicted molar refractivity (Wildman–Crippen MR) is 44.0 cm³/mol.